The van der Waals surface area contributed by atoms with Crippen molar-refractivity contribution in [2.24, 2.45) is 0 Å². The lowest BCUT2D eigenvalue weighted by Crippen LogP contribution is -2.33. The Balaban J connectivity index is 1.27. The zero-order chi connectivity index (χ0) is 30.1. The SMILES string of the molecule is Cc1ccc(-n2nc(C(C)(C)C)cc2NC(=O)Nc2ccc(C3=CC(=O)N(c4ccncc4)CC3)c3ccccc23)cn1. The third-order valence-corrected chi connectivity index (χ3v) is 7.52. The van der Waals surface area contributed by atoms with Crippen molar-refractivity contribution in [2.45, 2.75) is 39.5 Å². The number of carbonyl (C=O) groups excluding carboxylic acids is 2. The molecule has 216 valence electrons. The number of urea groups is 1. The first-order valence-corrected chi connectivity index (χ1v) is 14.2. The molecular formula is C34H33N7O2. The Bertz CT molecular complexity index is 1850. The zero-order valence-electron chi connectivity index (χ0n) is 24.6. The molecular weight excluding hydrogens is 538 g/mol. The second kappa shape index (κ2) is 11.2. The Kier molecular flexibility index (Phi) is 7.23. The second-order valence-electron chi connectivity index (χ2n) is 11.6. The van der Waals surface area contributed by atoms with Crippen LogP contribution in [0.25, 0.3) is 22.0 Å². The van der Waals surface area contributed by atoms with Gasteiger partial charge >= 0.3 is 6.03 Å². The van der Waals surface area contributed by atoms with Crippen LogP contribution in [0, 0.1) is 6.92 Å². The molecule has 0 bridgehead atoms. The molecule has 6 rings (SSSR count). The van der Waals surface area contributed by atoms with Crippen LogP contribution < -0.4 is 15.5 Å². The summed E-state index contributed by atoms with van der Waals surface area (Å²) in [5.74, 6) is 0.478. The van der Waals surface area contributed by atoms with E-state index in [0.717, 1.165) is 44.7 Å². The number of hydrogen-bond donors (Lipinski definition) is 2. The van der Waals surface area contributed by atoms with Crippen molar-refractivity contribution in [1.29, 1.82) is 0 Å². The minimum Gasteiger partial charge on any atom is -0.308 e. The maximum atomic E-state index is 13.4. The molecule has 0 spiro atoms. The molecule has 2 aromatic carbocycles. The highest BCUT2D eigenvalue weighted by molar-refractivity contribution is 6.12. The highest BCUT2D eigenvalue weighted by atomic mass is 16.2. The smallest absolute Gasteiger partial charge is 0.308 e. The van der Waals surface area contributed by atoms with Gasteiger partial charge in [-0.2, -0.15) is 5.10 Å². The summed E-state index contributed by atoms with van der Waals surface area (Å²) >= 11 is 0. The molecule has 0 unspecified atom stereocenters. The molecule has 0 saturated carbocycles. The number of amides is 3. The first-order valence-electron chi connectivity index (χ1n) is 14.2. The normalized spacial score (nSPS) is 13.6. The number of nitrogens with zero attached hydrogens (tertiary/aromatic N) is 5. The number of nitrogens with one attached hydrogen (secondary N) is 2. The number of carbonyl (C=O) groups is 2. The predicted octanol–water partition coefficient (Wildman–Crippen LogP) is 6.89. The summed E-state index contributed by atoms with van der Waals surface area (Å²) in [7, 11) is 0. The standard InChI is InChI=1S/C34H33N7O2/c1-22-9-10-25(21-36-22)41-31(20-30(39-41)34(2,3)4)38-33(43)37-29-12-11-26(27-7-5-6-8-28(27)29)23-15-18-40(32(42)19-23)24-13-16-35-17-14-24/h5-14,16-17,19-21H,15,18H2,1-4H3,(H2,37,38,43). The number of hydrogen-bond acceptors (Lipinski definition) is 5. The van der Waals surface area contributed by atoms with Crippen molar-refractivity contribution in [1.82, 2.24) is 19.7 Å². The molecule has 0 atom stereocenters. The van der Waals surface area contributed by atoms with E-state index in [2.05, 4.69) is 41.4 Å². The molecule has 1 aliphatic heterocycles. The Morgan fingerprint density at radius 3 is 2.37 bits per heavy atom. The largest absolute Gasteiger partial charge is 0.324 e. The summed E-state index contributed by atoms with van der Waals surface area (Å²) in [6.45, 7) is 8.74. The molecule has 2 N–H and O–H groups in total. The van der Waals surface area contributed by atoms with E-state index in [1.165, 1.54) is 0 Å². The third kappa shape index (κ3) is 5.74. The fourth-order valence-corrected chi connectivity index (χ4v) is 5.21. The Morgan fingerprint density at radius 2 is 1.67 bits per heavy atom. The van der Waals surface area contributed by atoms with E-state index in [0.29, 0.717) is 24.5 Å². The number of pyridine rings is 2. The van der Waals surface area contributed by atoms with Crippen LogP contribution in [0.5, 0.6) is 0 Å². The summed E-state index contributed by atoms with van der Waals surface area (Å²) in [6, 6.07) is 20.8. The van der Waals surface area contributed by atoms with Gasteiger partial charge in [-0.3, -0.25) is 20.1 Å². The van der Waals surface area contributed by atoms with Crippen LogP contribution in [-0.2, 0) is 10.2 Å². The molecule has 0 fully saturated rings. The number of fused-ring (bicyclic) bond motifs is 1. The quantitative estimate of drug-likeness (QED) is 0.239. The fourth-order valence-electron chi connectivity index (χ4n) is 5.21. The van der Waals surface area contributed by atoms with Gasteiger partial charge in [0.25, 0.3) is 5.91 Å². The Hall–Kier alpha value is -5.31. The predicted molar refractivity (Wildman–Crippen MR) is 171 cm³/mol. The van der Waals surface area contributed by atoms with Crippen LogP contribution >= 0.6 is 0 Å². The summed E-state index contributed by atoms with van der Waals surface area (Å²) in [4.78, 5) is 36.7. The average molecular weight is 572 g/mol. The van der Waals surface area contributed by atoms with E-state index in [1.807, 2.05) is 73.7 Å². The van der Waals surface area contributed by atoms with Crippen LogP contribution in [-0.4, -0.2) is 38.2 Å². The molecule has 0 radical (unpaired) electrons. The van der Waals surface area contributed by atoms with Gasteiger partial charge in [0.15, 0.2) is 0 Å². The first-order chi connectivity index (χ1) is 20.7. The van der Waals surface area contributed by atoms with Gasteiger partial charge in [-0.1, -0.05) is 51.1 Å². The summed E-state index contributed by atoms with van der Waals surface area (Å²) in [5, 5.41) is 12.6. The molecule has 1 aliphatic rings. The third-order valence-electron chi connectivity index (χ3n) is 7.52. The number of anilines is 3. The minimum absolute atomic E-state index is 0.0619. The van der Waals surface area contributed by atoms with Gasteiger partial charge < -0.3 is 10.2 Å². The van der Waals surface area contributed by atoms with E-state index >= 15 is 0 Å². The zero-order valence-corrected chi connectivity index (χ0v) is 24.6. The van der Waals surface area contributed by atoms with Crippen LogP contribution in [0.2, 0.25) is 0 Å². The number of aryl methyl sites for hydroxylation is 1. The van der Waals surface area contributed by atoms with Gasteiger partial charge in [-0.15, -0.1) is 0 Å². The van der Waals surface area contributed by atoms with Crippen LogP contribution in [0.3, 0.4) is 0 Å². The van der Waals surface area contributed by atoms with E-state index in [4.69, 9.17) is 5.10 Å². The molecule has 9 nitrogen and oxygen atoms in total. The molecule has 0 aliphatic carbocycles. The minimum atomic E-state index is -0.389. The van der Waals surface area contributed by atoms with Gasteiger partial charge in [0.2, 0.25) is 0 Å². The van der Waals surface area contributed by atoms with Crippen LogP contribution in [0.1, 0.15) is 44.1 Å². The lowest BCUT2D eigenvalue weighted by Gasteiger charge is -2.27. The van der Waals surface area contributed by atoms with Gasteiger partial charge in [0.05, 0.1) is 23.3 Å². The van der Waals surface area contributed by atoms with Crippen molar-refractivity contribution in [3.05, 3.63) is 108 Å². The molecule has 9 heteroatoms. The van der Waals surface area contributed by atoms with Crippen LogP contribution in [0.15, 0.2) is 91.4 Å². The van der Waals surface area contributed by atoms with E-state index in [-0.39, 0.29) is 17.4 Å². The Labute approximate surface area is 250 Å². The topological polar surface area (TPSA) is 105 Å². The summed E-state index contributed by atoms with van der Waals surface area (Å²) in [6.07, 6.45) is 7.53. The number of benzene rings is 2. The lowest BCUT2D eigenvalue weighted by atomic mass is 9.92. The van der Waals surface area contributed by atoms with Gasteiger partial charge in [-0.25, -0.2) is 9.48 Å². The monoisotopic (exact) mass is 571 g/mol. The van der Waals surface area contributed by atoms with Gasteiger partial charge in [0, 0.05) is 53.3 Å². The second-order valence-corrected chi connectivity index (χ2v) is 11.6. The number of aromatic nitrogens is 4. The molecule has 43 heavy (non-hydrogen) atoms. The van der Waals surface area contributed by atoms with Crippen molar-refractivity contribution >= 4 is 45.5 Å². The maximum Gasteiger partial charge on any atom is 0.324 e. The first kappa shape index (κ1) is 27.8. The maximum absolute atomic E-state index is 13.4. The van der Waals surface area contributed by atoms with Gasteiger partial charge in [-0.05, 0) is 60.2 Å². The molecule has 3 amide bonds. The Morgan fingerprint density at radius 1 is 0.907 bits per heavy atom. The molecule has 0 saturated heterocycles. The highest BCUT2D eigenvalue weighted by Gasteiger charge is 2.24. The van der Waals surface area contributed by atoms with E-state index < -0.39 is 0 Å². The summed E-state index contributed by atoms with van der Waals surface area (Å²) < 4.78 is 1.70. The van der Waals surface area contributed by atoms with E-state index in [9.17, 15) is 9.59 Å². The van der Waals surface area contributed by atoms with Gasteiger partial charge in [0.1, 0.15) is 5.82 Å². The molecule has 5 aromatic rings. The highest BCUT2D eigenvalue weighted by Crippen LogP contribution is 2.35. The number of rotatable bonds is 5. The summed E-state index contributed by atoms with van der Waals surface area (Å²) in [5.41, 5.74) is 5.72. The lowest BCUT2D eigenvalue weighted by molar-refractivity contribution is -0.114. The molecule has 4 heterocycles. The van der Waals surface area contributed by atoms with Crippen molar-refractivity contribution in [3.8, 4) is 5.69 Å². The van der Waals surface area contributed by atoms with E-state index in [1.54, 1.807) is 34.2 Å². The van der Waals surface area contributed by atoms with Crippen molar-refractivity contribution < 1.29 is 9.59 Å². The van der Waals surface area contributed by atoms with Crippen molar-refractivity contribution in [3.63, 3.8) is 0 Å². The average Bonchev–Trinajstić information content (AvgIpc) is 3.42. The van der Waals surface area contributed by atoms with Crippen molar-refractivity contribution in [2.75, 3.05) is 22.1 Å². The molecule has 3 aromatic heterocycles. The van der Waals surface area contributed by atoms with Crippen LogP contribution in [0.4, 0.5) is 22.0 Å². The fraction of sp³-hybridized carbons (Fsp3) is 0.206.